The summed E-state index contributed by atoms with van der Waals surface area (Å²) in [5, 5.41) is 3.35. The van der Waals surface area contributed by atoms with E-state index in [9.17, 15) is 4.79 Å². The van der Waals surface area contributed by atoms with E-state index in [1.54, 1.807) is 0 Å². The highest BCUT2D eigenvalue weighted by Crippen LogP contribution is 2.18. The fourth-order valence-electron chi connectivity index (χ4n) is 1.56. The van der Waals surface area contributed by atoms with E-state index in [0.717, 1.165) is 5.56 Å². The van der Waals surface area contributed by atoms with Crippen molar-refractivity contribution in [3.8, 4) is 0 Å². The fraction of sp³-hybridized carbons (Fsp3) is 0.154. The van der Waals surface area contributed by atoms with E-state index in [1.807, 2.05) is 30.3 Å². The third-order valence-corrected chi connectivity index (χ3v) is 2.66. The van der Waals surface area contributed by atoms with Gasteiger partial charge < -0.3 is 10.1 Å². The van der Waals surface area contributed by atoms with Crippen LogP contribution in [0.2, 0.25) is 5.02 Å². The first-order valence-corrected chi connectivity index (χ1v) is 5.95. The lowest BCUT2D eigenvalue weighted by atomic mass is 10.1. The molecule has 2 aromatic rings. The van der Waals surface area contributed by atoms with Crippen LogP contribution in [0.15, 0.2) is 42.7 Å². The molecule has 1 unspecified atom stereocenters. The number of anilines is 1. The summed E-state index contributed by atoms with van der Waals surface area (Å²) < 4.78 is 4.78. The first-order chi connectivity index (χ1) is 9.20. The minimum Gasteiger partial charge on any atom is -0.467 e. The van der Waals surface area contributed by atoms with Crippen LogP contribution in [0.25, 0.3) is 0 Å². The number of halogens is 1. The number of nitrogens with one attached hydrogen (secondary N) is 1. The number of hydrogen-bond donors (Lipinski definition) is 1. The number of ether oxygens (including phenoxy) is 1. The molecule has 1 N–H and O–H groups in total. The monoisotopic (exact) mass is 277 g/mol. The molecule has 1 heterocycles. The summed E-state index contributed by atoms with van der Waals surface area (Å²) >= 11 is 5.71. The number of aromatic nitrogens is 2. The van der Waals surface area contributed by atoms with Crippen LogP contribution in [0.5, 0.6) is 0 Å². The third-order valence-electron chi connectivity index (χ3n) is 2.46. The smallest absolute Gasteiger partial charge is 0.333 e. The Morgan fingerprint density at radius 3 is 2.47 bits per heavy atom. The Labute approximate surface area is 115 Å². The molecule has 1 aromatic heterocycles. The molecule has 1 aromatic carbocycles. The minimum absolute atomic E-state index is 0.309. The van der Waals surface area contributed by atoms with E-state index in [0.29, 0.717) is 11.0 Å². The van der Waals surface area contributed by atoms with Gasteiger partial charge in [-0.25, -0.2) is 14.8 Å². The molecular weight excluding hydrogens is 266 g/mol. The van der Waals surface area contributed by atoms with Gasteiger partial charge in [0.25, 0.3) is 0 Å². The Bertz CT molecular complexity index is 546. The summed E-state index contributed by atoms with van der Waals surface area (Å²) in [4.78, 5) is 19.8. The van der Waals surface area contributed by atoms with Crippen LogP contribution in [0.4, 0.5) is 5.95 Å². The molecule has 0 amide bonds. The van der Waals surface area contributed by atoms with Gasteiger partial charge in [0, 0.05) is 0 Å². The number of nitrogens with zero attached hydrogens (tertiary/aromatic N) is 2. The molecule has 19 heavy (non-hydrogen) atoms. The van der Waals surface area contributed by atoms with Gasteiger partial charge in [-0.2, -0.15) is 0 Å². The standard InChI is InChI=1S/C13H12ClN3O2/c1-19-12(18)11(9-5-3-2-4-6-9)17-13-15-7-10(14)8-16-13/h2-8,11H,1H3,(H,15,16,17). The second-order valence-corrected chi connectivity index (χ2v) is 4.17. The van der Waals surface area contributed by atoms with Crippen molar-refractivity contribution in [3.63, 3.8) is 0 Å². The first kappa shape index (κ1) is 13.3. The van der Waals surface area contributed by atoms with Gasteiger partial charge in [-0.3, -0.25) is 0 Å². The minimum atomic E-state index is -0.660. The van der Waals surface area contributed by atoms with Crippen LogP contribution in [-0.4, -0.2) is 23.0 Å². The Morgan fingerprint density at radius 2 is 1.89 bits per heavy atom. The van der Waals surface area contributed by atoms with Crippen molar-refractivity contribution >= 4 is 23.5 Å². The zero-order valence-electron chi connectivity index (χ0n) is 10.2. The normalized spacial score (nSPS) is 11.7. The summed E-state index contributed by atoms with van der Waals surface area (Å²) in [5.41, 5.74) is 0.771. The summed E-state index contributed by atoms with van der Waals surface area (Å²) in [6, 6.07) is 8.55. The van der Waals surface area contributed by atoms with Crippen molar-refractivity contribution in [1.29, 1.82) is 0 Å². The van der Waals surface area contributed by atoms with Crippen molar-refractivity contribution in [2.45, 2.75) is 6.04 Å². The van der Waals surface area contributed by atoms with Gasteiger partial charge in [-0.05, 0) is 5.56 Å². The summed E-state index contributed by atoms with van der Waals surface area (Å²) in [7, 11) is 1.34. The number of carbonyl (C=O) groups excluding carboxylic acids is 1. The second kappa shape index (κ2) is 6.15. The highest BCUT2D eigenvalue weighted by Gasteiger charge is 2.21. The number of carbonyl (C=O) groups is 1. The molecule has 6 heteroatoms. The van der Waals surface area contributed by atoms with Crippen LogP contribution in [0, 0.1) is 0 Å². The quantitative estimate of drug-likeness (QED) is 0.870. The van der Waals surface area contributed by atoms with E-state index in [1.165, 1.54) is 19.5 Å². The molecule has 0 bridgehead atoms. The molecule has 0 radical (unpaired) electrons. The summed E-state index contributed by atoms with van der Waals surface area (Å²) in [5.74, 6) is -0.103. The van der Waals surface area contributed by atoms with Crippen molar-refractivity contribution in [1.82, 2.24) is 9.97 Å². The number of rotatable bonds is 4. The number of methoxy groups -OCH3 is 1. The topological polar surface area (TPSA) is 64.1 Å². The average molecular weight is 278 g/mol. The predicted molar refractivity (Wildman–Crippen MR) is 71.9 cm³/mol. The van der Waals surface area contributed by atoms with Crippen LogP contribution >= 0.6 is 11.6 Å². The fourth-order valence-corrected chi connectivity index (χ4v) is 1.66. The largest absolute Gasteiger partial charge is 0.467 e. The summed E-state index contributed by atoms with van der Waals surface area (Å²) in [6.07, 6.45) is 2.91. The molecule has 0 aliphatic rings. The van der Waals surface area contributed by atoms with Gasteiger partial charge in [0.1, 0.15) is 0 Å². The molecule has 0 fully saturated rings. The zero-order valence-corrected chi connectivity index (χ0v) is 11.0. The number of esters is 1. The lowest BCUT2D eigenvalue weighted by molar-refractivity contribution is -0.141. The Hall–Kier alpha value is -2.14. The van der Waals surface area contributed by atoms with Crippen molar-refractivity contribution in [2.24, 2.45) is 0 Å². The van der Waals surface area contributed by atoms with Gasteiger partial charge in [-0.15, -0.1) is 0 Å². The molecule has 2 rings (SSSR count). The average Bonchev–Trinajstić information content (AvgIpc) is 2.47. The van der Waals surface area contributed by atoms with Gasteiger partial charge in [0.2, 0.25) is 5.95 Å². The van der Waals surface area contributed by atoms with E-state index in [4.69, 9.17) is 16.3 Å². The molecular formula is C13H12ClN3O2. The Morgan fingerprint density at radius 1 is 1.26 bits per heavy atom. The molecule has 0 saturated carbocycles. The van der Waals surface area contributed by atoms with Crippen LogP contribution in [0.3, 0.4) is 0 Å². The SMILES string of the molecule is COC(=O)C(Nc1ncc(Cl)cn1)c1ccccc1. The number of benzene rings is 1. The molecule has 0 aliphatic carbocycles. The van der Waals surface area contributed by atoms with E-state index in [-0.39, 0.29) is 0 Å². The molecule has 0 spiro atoms. The predicted octanol–water partition coefficient (Wildman–Crippen LogP) is 2.46. The van der Waals surface area contributed by atoms with Gasteiger partial charge in [0.05, 0.1) is 24.5 Å². The van der Waals surface area contributed by atoms with Crippen molar-refractivity contribution in [3.05, 3.63) is 53.3 Å². The lowest BCUT2D eigenvalue weighted by Crippen LogP contribution is -2.23. The van der Waals surface area contributed by atoms with E-state index < -0.39 is 12.0 Å². The van der Waals surface area contributed by atoms with Crippen molar-refractivity contribution < 1.29 is 9.53 Å². The Kier molecular flexibility index (Phi) is 4.30. The van der Waals surface area contributed by atoms with Gasteiger partial charge in [-0.1, -0.05) is 41.9 Å². The third kappa shape index (κ3) is 3.42. The molecule has 0 aliphatic heterocycles. The number of hydrogen-bond acceptors (Lipinski definition) is 5. The van der Waals surface area contributed by atoms with Crippen LogP contribution < -0.4 is 5.32 Å². The Balaban J connectivity index is 2.24. The zero-order chi connectivity index (χ0) is 13.7. The highest BCUT2D eigenvalue weighted by molar-refractivity contribution is 6.30. The van der Waals surface area contributed by atoms with Crippen molar-refractivity contribution in [2.75, 3.05) is 12.4 Å². The molecule has 5 nitrogen and oxygen atoms in total. The van der Waals surface area contributed by atoms with Crippen LogP contribution in [-0.2, 0) is 9.53 Å². The second-order valence-electron chi connectivity index (χ2n) is 3.74. The van der Waals surface area contributed by atoms with E-state index >= 15 is 0 Å². The summed E-state index contributed by atoms with van der Waals surface area (Å²) in [6.45, 7) is 0. The maximum absolute atomic E-state index is 11.8. The van der Waals surface area contributed by atoms with E-state index in [2.05, 4.69) is 15.3 Å². The first-order valence-electron chi connectivity index (χ1n) is 5.57. The van der Waals surface area contributed by atoms with Crippen LogP contribution in [0.1, 0.15) is 11.6 Å². The van der Waals surface area contributed by atoms with Gasteiger partial charge >= 0.3 is 5.97 Å². The maximum atomic E-state index is 11.8. The molecule has 0 saturated heterocycles. The lowest BCUT2D eigenvalue weighted by Gasteiger charge is -2.16. The maximum Gasteiger partial charge on any atom is 0.333 e. The highest BCUT2D eigenvalue weighted by atomic mass is 35.5. The molecule has 98 valence electrons. The molecule has 1 atom stereocenters. The van der Waals surface area contributed by atoms with Gasteiger partial charge in [0.15, 0.2) is 6.04 Å².